The van der Waals surface area contributed by atoms with E-state index in [1.54, 1.807) is 10.7 Å². The van der Waals surface area contributed by atoms with Crippen molar-refractivity contribution in [2.24, 2.45) is 0 Å². The number of aromatic nitrogens is 5. The second-order valence-corrected chi connectivity index (χ2v) is 3.80. The summed E-state index contributed by atoms with van der Waals surface area (Å²) in [6.45, 7) is 2.11. The van der Waals surface area contributed by atoms with Gasteiger partial charge in [0.15, 0.2) is 0 Å². The molecule has 1 unspecified atom stereocenters. The van der Waals surface area contributed by atoms with E-state index in [1.165, 1.54) is 12.8 Å². The molecule has 15 heavy (non-hydrogen) atoms. The number of fused-ring (bicyclic) bond motifs is 1. The number of hydrogen-bond acceptors (Lipinski definition) is 5. The molecule has 0 radical (unpaired) electrons. The lowest BCUT2D eigenvalue weighted by molar-refractivity contribution is 0.447. The monoisotopic (exact) mass is 204 g/mol. The van der Waals surface area contributed by atoms with Gasteiger partial charge in [-0.25, -0.2) is 4.98 Å². The molecule has 6 nitrogen and oxygen atoms in total. The highest BCUT2D eigenvalue weighted by molar-refractivity contribution is 5.27. The van der Waals surface area contributed by atoms with E-state index in [2.05, 4.69) is 25.8 Å². The van der Waals surface area contributed by atoms with Gasteiger partial charge in [0.25, 0.3) is 5.78 Å². The molecule has 0 saturated carbocycles. The Balaban J connectivity index is 2.05. The highest BCUT2D eigenvalue weighted by Gasteiger charge is 2.18. The third-order valence-electron chi connectivity index (χ3n) is 2.85. The minimum Gasteiger partial charge on any atom is -0.316 e. The molecule has 0 aliphatic carbocycles. The molecule has 3 rings (SSSR count). The summed E-state index contributed by atoms with van der Waals surface area (Å²) in [6, 6.07) is 2.00. The number of piperidine rings is 1. The van der Waals surface area contributed by atoms with Crippen molar-refractivity contribution < 1.29 is 0 Å². The number of tetrazole rings is 1. The summed E-state index contributed by atoms with van der Waals surface area (Å²) >= 11 is 0. The van der Waals surface area contributed by atoms with E-state index in [0.717, 1.165) is 18.8 Å². The Hall–Kier alpha value is -1.56. The lowest BCUT2D eigenvalue weighted by Gasteiger charge is -2.22. The average molecular weight is 204 g/mol. The lowest BCUT2D eigenvalue weighted by Crippen LogP contribution is -2.29. The van der Waals surface area contributed by atoms with Crippen molar-refractivity contribution in [2.75, 3.05) is 13.1 Å². The number of nitrogens with one attached hydrogen (secondary N) is 1. The van der Waals surface area contributed by atoms with Crippen molar-refractivity contribution in [2.45, 2.75) is 18.8 Å². The largest absolute Gasteiger partial charge is 0.316 e. The Morgan fingerprint density at radius 2 is 2.47 bits per heavy atom. The molecule has 78 valence electrons. The Bertz CT molecular complexity index is 458. The van der Waals surface area contributed by atoms with Crippen LogP contribution in [0.5, 0.6) is 0 Å². The van der Waals surface area contributed by atoms with Crippen molar-refractivity contribution in [1.29, 1.82) is 0 Å². The van der Waals surface area contributed by atoms with Crippen LogP contribution in [-0.2, 0) is 0 Å². The van der Waals surface area contributed by atoms with E-state index in [9.17, 15) is 0 Å². The third-order valence-corrected chi connectivity index (χ3v) is 2.85. The molecular formula is C9H12N6. The number of rotatable bonds is 1. The van der Waals surface area contributed by atoms with Crippen LogP contribution < -0.4 is 5.32 Å². The second kappa shape index (κ2) is 3.54. The van der Waals surface area contributed by atoms with Gasteiger partial charge in [0, 0.05) is 18.7 Å². The van der Waals surface area contributed by atoms with Gasteiger partial charge in [-0.15, -0.1) is 0 Å². The van der Waals surface area contributed by atoms with Crippen LogP contribution in [0.2, 0.25) is 0 Å². The van der Waals surface area contributed by atoms with Gasteiger partial charge in [-0.1, -0.05) is 5.10 Å². The SMILES string of the molecule is c1cc(C2CCCNC2)n2nnnc2n1. The van der Waals surface area contributed by atoms with Crippen molar-refractivity contribution in [1.82, 2.24) is 30.3 Å². The van der Waals surface area contributed by atoms with Gasteiger partial charge in [-0.3, -0.25) is 0 Å². The fourth-order valence-corrected chi connectivity index (χ4v) is 2.09. The van der Waals surface area contributed by atoms with Crippen LogP contribution in [0.15, 0.2) is 12.3 Å². The first-order valence-electron chi connectivity index (χ1n) is 5.19. The molecule has 1 atom stereocenters. The van der Waals surface area contributed by atoms with Crippen molar-refractivity contribution in [3.8, 4) is 0 Å². The summed E-state index contributed by atoms with van der Waals surface area (Å²) in [7, 11) is 0. The second-order valence-electron chi connectivity index (χ2n) is 3.80. The molecule has 2 aromatic heterocycles. The van der Waals surface area contributed by atoms with Gasteiger partial charge in [0.05, 0.1) is 5.69 Å². The minimum absolute atomic E-state index is 0.493. The molecule has 0 aromatic carbocycles. The van der Waals surface area contributed by atoms with Crippen molar-refractivity contribution in [3.05, 3.63) is 18.0 Å². The maximum atomic E-state index is 4.10. The fraction of sp³-hybridized carbons (Fsp3) is 0.556. The molecule has 1 fully saturated rings. The van der Waals surface area contributed by atoms with E-state index >= 15 is 0 Å². The molecule has 0 spiro atoms. The molecular weight excluding hydrogens is 192 g/mol. The zero-order valence-corrected chi connectivity index (χ0v) is 8.30. The van der Waals surface area contributed by atoms with Crippen molar-refractivity contribution in [3.63, 3.8) is 0 Å². The smallest absolute Gasteiger partial charge is 0.273 e. The summed E-state index contributed by atoms with van der Waals surface area (Å²) in [4.78, 5) is 4.10. The topological polar surface area (TPSA) is 68.0 Å². The molecule has 6 heteroatoms. The molecule has 0 bridgehead atoms. The van der Waals surface area contributed by atoms with Crippen LogP contribution in [0, 0.1) is 0 Å². The van der Waals surface area contributed by atoms with Crippen LogP contribution in [0.3, 0.4) is 0 Å². The first-order valence-corrected chi connectivity index (χ1v) is 5.19. The first-order chi connectivity index (χ1) is 7.45. The molecule has 3 heterocycles. The standard InChI is InChI=1S/C9H12N6/c1-2-7(6-10-4-1)8-3-5-11-9-12-13-14-15(8)9/h3,5,7,10H,1-2,4,6H2. The van der Waals surface area contributed by atoms with Crippen LogP contribution in [-0.4, -0.2) is 38.1 Å². The van der Waals surface area contributed by atoms with Crippen LogP contribution in [0.1, 0.15) is 24.5 Å². The van der Waals surface area contributed by atoms with Crippen LogP contribution >= 0.6 is 0 Å². The summed E-state index contributed by atoms with van der Waals surface area (Å²) in [5.74, 6) is 1.07. The predicted molar refractivity (Wildman–Crippen MR) is 53.4 cm³/mol. The lowest BCUT2D eigenvalue weighted by atomic mass is 9.96. The van der Waals surface area contributed by atoms with E-state index in [0.29, 0.717) is 11.7 Å². The van der Waals surface area contributed by atoms with Gasteiger partial charge in [0.1, 0.15) is 0 Å². The van der Waals surface area contributed by atoms with Crippen LogP contribution in [0.4, 0.5) is 0 Å². The maximum absolute atomic E-state index is 4.10. The van der Waals surface area contributed by atoms with E-state index in [-0.39, 0.29) is 0 Å². The average Bonchev–Trinajstić information content (AvgIpc) is 2.78. The zero-order chi connectivity index (χ0) is 10.1. The Kier molecular flexibility index (Phi) is 2.06. The first kappa shape index (κ1) is 8.72. The van der Waals surface area contributed by atoms with Gasteiger partial charge in [-0.05, 0) is 35.9 Å². The van der Waals surface area contributed by atoms with Gasteiger partial charge in [-0.2, -0.15) is 4.52 Å². The molecule has 2 aromatic rings. The molecule has 1 aliphatic rings. The van der Waals surface area contributed by atoms with Gasteiger partial charge >= 0.3 is 0 Å². The molecule has 1 aliphatic heterocycles. The summed E-state index contributed by atoms with van der Waals surface area (Å²) in [5.41, 5.74) is 1.15. The molecule has 1 N–H and O–H groups in total. The van der Waals surface area contributed by atoms with Gasteiger partial charge in [0.2, 0.25) is 0 Å². The van der Waals surface area contributed by atoms with Crippen LogP contribution in [0.25, 0.3) is 5.78 Å². The van der Waals surface area contributed by atoms with Gasteiger partial charge < -0.3 is 5.32 Å². The quantitative estimate of drug-likeness (QED) is 0.707. The highest BCUT2D eigenvalue weighted by atomic mass is 15.5. The molecule has 1 saturated heterocycles. The maximum Gasteiger partial charge on any atom is 0.273 e. The fourth-order valence-electron chi connectivity index (χ4n) is 2.09. The zero-order valence-electron chi connectivity index (χ0n) is 8.30. The predicted octanol–water partition coefficient (Wildman–Crippen LogP) is -0.0137. The normalized spacial score (nSPS) is 22.0. The highest BCUT2D eigenvalue weighted by Crippen LogP contribution is 2.22. The van der Waals surface area contributed by atoms with E-state index in [1.807, 2.05) is 6.07 Å². The Labute approximate surface area is 86.7 Å². The molecule has 0 amide bonds. The van der Waals surface area contributed by atoms with E-state index < -0.39 is 0 Å². The summed E-state index contributed by atoms with van der Waals surface area (Å²) in [5, 5.41) is 14.8. The number of hydrogen-bond donors (Lipinski definition) is 1. The van der Waals surface area contributed by atoms with E-state index in [4.69, 9.17) is 0 Å². The Morgan fingerprint density at radius 1 is 1.47 bits per heavy atom. The van der Waals surface area contributed by atoms with Crippen molar-refractivity contribution >= 4 is 5.78 Å². The minimum atomic E-state index is 0.493. The number of nitrogens with zero attached hydrogens (tertiary/aromatic N) is 5. The summed E-state index contributed by atoms with van der Waals surface area (Å²) in [6.07, 6.45) is 4.16. The Morgan fingerprint density at radius 3 is 3.33 bits per heavy atom. The third kappa shape index (κ3) is 1.46. The summed E-state index contributed by atoms with van der Waals surface area (Å²) < 4.78 is 1.73.